The summed E-state index contributed by atoms with van der Waals surface area (Å²) in [7, 11) is 0. The minimum absolute atomic E-state index is 0.0629. The maximum absolute atomic E-state index is 8.99. The van der Waals surface area contributed by atoms with E-state index in [0.29, 0.717) is 12.2 Å². The van der Waals surface area contributed by atoms with Gasteiger partial charge in [0.2, 0.25) is 0 Å². The number of hydrogen-bond acceptors (Lipinski definition) is 5. The van der Waals surface area contributed by atoms with Crippen LogP contribution >= 0.6 is 0 Å². The molecule has 146 valence electrons. The van der Waals surface area contributed by atoms with Crippen LogP contribution < -0.4 is 10.6 Å². The van der Waals surface area contributed by atoms with Gasteiger partial charge in [-0.25, -0.2) is 4.98 Å². The van der Waals surface area contributed by atoms with Gasteiger partial charge in [0.15, 0.2) is 0 Å². The predicted molar refractivity (Wildman–Crippen MR) is 115 cm³/mol. The van der Waals surface area contributed by atoms with Gasteiger partial charge in [-0.3, -0.25) is 0 Å². The van der Waals surface area contributed by atoms with Crippen molar-refractivity contribution in [3.05, 3.63) is 89.6 Å². The van der Waals surface area contributed by atoms with E-state index in [0.717, 1.165) is 29.2 Å². The Morgan fingerprint density at radius 2 is 1.86 bits per heavy atom. The number of hydrogen-bond donors (Lipinski definition) is 2. The van der Waals surface area contributed by atoms with E-state index in [1.54, 1.807) is 6.20 Å². The molecule has 1 unspecified atom stereocenters. The van der Waals surface area contributed by atoms with Crippen LogP contribution in [0.1, 0.15) is 35.6 Å². The van der Waals surface area contributed by atoms with Crippen molar-refractivity contribution in [2.75, 3.05) is 23.8 Å². The zero-order valence-corrected chi connectivity index (χ0v) is 16.4. The van der Waals surface area contributed by atoms with Crippen molar-refractivity contribution in [3.63, 3.8) is 0 Å². The predicted octanol–water partition coefficient (Wildman–Crippen LogP) is 4.72. The number of pyridine rings is 1. The zero-order chi connectivity index (χ0) is 20.1. The van der Waals surface area contributed by atoms with Gasteiger partial charge in [-0.2, -0.15) is 5.26 Å². The topological polar surface area (TPSA) is 70.0 Å². The van der Waals surface area contributed by atoms with E-state index < -0.39 is 0 Å². The lowest BCUT2D eigenvalue weighted by Gasteiger charge is -2.34. The van der Waals surface area contributed by atoms with Crippen LogP contribution in [0.5, 0.6) is 0 Å². The highest BCUT2D eigenvalue weighted by atomic mass is 16.5. The van der Waals surface area contributed by atoms with E-state index in [2.05, 4.69) is 40.7 Å². The van der Waals surface area contributed by atoms with Crippen molar-refractivity contribution in [3.8, 4) is 6.07 Å². The molecule has 1 aliphatic rings. The van der Waals surface area contributed by atoms with Crippen LogP contribution in [0.3, 0.4) is 0 Å². The van der Waals surface area contributed by atoms with Crippen molar-refractivity contribution < 1.29 is 4.74 Å². The lowest BCUT2D eigenvalue weighted by atomic mass is 9.98. The maximum atomic E-state index is 8.99. The fraction of sp³-hybridized carbons (Fsp3) is 0.250. The molecule has 1 aromatic heterocycles. The summed E-state index contributed by atoms with van der Waals surface area (Å²) < 4.78 is 6.46. The highest BCUT2D eigenvalue weighted by Gasteiger charge is 2.28. The first-order chi connectivity index (χ1) is 14.2. The number of benzene rings is 2. The van der Waals surface area contributed by atoms with Gasteiger partial charge in [-0.15, -0.1) is 0 Å². The molecule has 5 heteroatoms. The number of anilines is 2. The number of fused-ring (bicyclic) bond motifs is 1. The molecule has 0 aliphatic carbocycles. The fourth-order valence-corrected chi connectivity index (χ4v) is 3.61. The Kier molecular flexibility index (Phi) is 5.73. The summed E-state index contributed by atoms with van der Waals surface area (Å²) in [6, 6.07) is 24.2. The summed E-state index contributed by atoms with van der Waals surface area (Å²) in [6.45, 7) is 3.48. The molecule has 0 saturated heterocycles. The van der Waals surface area contributed by atoms with Gasteiger partial charge in [0.25, 0.3) is 0 Å². The van der Waals surface area contributed by atoms with E-state index in [1.165, 1.54) is 0 Å². The van der Waals surface area contributed by atoms with Gasteiger partial charge < -0.3 is 15.4 Å². The summed E-state index contributed by atoms with van der Waals surface area (Å²) in [5.41, 5.74) is 3.99. The molecule has 3 aromatic rings. The van der Waals surface area contributed by atoms with Crippen LogP contribution in [0.15, 0.2) is 72.9 Å². The lowest BCUT2D eigenvalue weighted by Crippen LogP contribution is -2.39. The molecule has 0 saturated carbocycles. The normalized spacial score (nSPS) is 17.2. The number of nitriles is 1. The molecule has 4 rings (SSSR count). The van der Waals surface area contributed by atoms with Gasteiger partial charge >= 0.3 is 0 Å². The van der Waals surface area contributed by atoms with Crippen LogP contribution in [0, 0.1) is 11.3 Å². The highest BCUT2D eigenvalue weighted by molar-refractivity contribution is 5.66. The van der Waals surface area contributed by atoms with Gasteiger partial charge in [0.1, 0.15) is 11.9 Å². The number of rotatable bonds is 6. The molecular formula is C24H24N4O. The molecule has 0 amide bonds. The second kappa shape index (κ2) is 8.76. The standard InChI is InChI=1S/C24H24N4O/c1-17(19-11-9-18(14-25)10-12-19)16-29-23(20-6-3-2-4-7-20)22-15-27-21-8-5-13-26-24(21)28-22/h2-13,17,22-23,27H,15-16H2,1H3,(H,26,28)/t17?,22-,23-/m0/s1. The SMILES string of the molecule is CC(CO[C@@H](c1ccccc1)[C@@H]1CNc2cccnc2N1)c1ccc(C#N)cc1. The van der Waals surface area contributed by atoms with Crippen LogP contribution in [0.2, 0.25) is 0 Å². The van der Waals surface area contributed by atoms with Gasteiger partial charge in [-0.1, -0.05) is 49.4 Å². The molecule has 3 atom stereocenters. The fourth-order valence-electron chi connectivity index (χ4n) is 3.61. The second-order valence-corrected chi connectivity index (χ2v) is 7.33. The molecule has 5 nitrogen and oxygen atoms in total. The summed E-state index contributed by atoms with van der Waals surface area (Å²) >= 11 is 0. The van der Waals surface area contributed by atoms with Crippen molar-refractivity contribution in [1.82, 2.24) is 4.98 Å². The van der Waals surface area contributed by atoms with Gasteiger partial charge in [0.05, 0.1) is 30.0 Å². The van der Waals surface area contributed by atoms with E-state index >= 15 is 0 Å². The first kappa shape index (κ1) is 19.0. The molecule has 0 radical (unpaired) electrons. The van der Waals surface area contributed by atoms with E-state index in [4.69, 9.17) is 10.00 Å². The average Bonchev–Trinajstić information content (AvgIpc) is 2.79. The third kappa shape index (κ3) is 4.39. The number of aromatic nitrogens is 1. The minimum atomic E-state index is -0.111. The monoisotopic (exact) mass is 384 g/mol. The van der Waals surface area contributed by atoms with E-state index in [-0.39, 0.29) is 18.1 Å². The highest BCUT2D eigenvalue weighted by Crippen LogP contribution is 2.31. The molecule has 2 N–H and O–H groups in total. The molecule has 2 heterocycles. The molecular weight excluding hydrogens is 360 g/mol. The lowest BCUT2D eigenvalue weighted by molar-refractivity contribution is 0.0338. The summed E-state index contributed by atoms with van der Waals surface area (Å²) in [4.78, 5) is 4.45. The van der Waals surface area contributed by atoms with Gasteiger partial charge in [-0.05, 0) is 35.4 Å². The van der Waals surface area contributed by atoms with Crippen LogP contribution in [0.25, 0.3) is 0 Å². The maximum Gasteiger partial charge on any atom is 0.149 e. The Morgan fingerprint density at radius 1 is 1.07 bits per heavy atom. The third-order valence-corrected chi connectivity index (χ3v) is 5.27. The van der Waals surface area contributed by atoms with Crippen LogP contribution in [-0.4, -0.2) is 24.2 Å². The van der Waals surface area contributed by atoms with Crippen molar-refractivity contribution in [1.29, 1.82) is 5.26 Å². The van der Waals surface area contributed by atoms with Crippen molar-refractivity contribution >= 4 is 11.5 Å². The second-order valence-electron chi connectivity index (χ2n) is 7.33. The Morgan fingerprint density at radius 3 is 2.62 bits per heavy atom. The largest absolute Gasteiger partial charge is 0.380 e. The molecule has 1 aliphatic heterocycles. The quantitative estimate of drug-likeness (QED) is 0.643. The molecule has 0 bridgehead atoms. The molecule has 2 aromatic carbocycles. The Hall–Kier alpha value is -3.36. The van der Waals surface area contributed by atoms with E-state index in [9.17, 15) is 0 Å². The van der Waals surface area contributed by atoms with Crippen LogP contribution in [0.4, 0.5) is 11.5 Å². The summed E-state index contributed by atoms with van der Waals surface area (Å²) in [5, 5.41) is 16.0. The van der Waals surface area contributed by atoms with Gasteiger partial charge in [0, 0.05) is 18.7 Å². The number of ether oxygens (including phenoxy) is 1. The third-order valence-electron chi connectivity index (χ3n) is 5.27. The first-order valence-electron chi connectivity index (χ1n) is 9.86. The number of nitrogens with zero attached hydrogens (tertiary/aromatic N) is 2. The molecule has 29 heavy (non-hydrogen) atoms. The Bertz CT molecular complexity index is 982. The van der Waals surface area contributed by atoms with Crippen LogP contribution in [-0.2, 0) is 4.74 Å². The molecule has 0 fully saturated rings. The molecule has 0 spiro atoms. The smallest absolute Gasteiger partial charge is 0.149 e. The Labute approximate surface area is 171 Å². The van der Waals surface area contributed by atoms with Crippen molar-refractivity contribution in [2.45, 2.75) is 25.0 Å². The Balaban J connectivity index is 1.50. The first-order valence-corrected chi connectivity index (χ1v) is 9.86. The van der Waals surface area contributed by atoms with E-state index in [1.807, 2.05) is 54.6 Å². The zero-order valence-electron chi connectivity index (χ0n) is 16.4. The minimum Gasteiger partial charge on any atom is -0.380 e. The number of nitrogens with one attached hydrogen (secondary N) is 2. The summed E-state index contributed by atoms with van der Waals surface area (Å²) in [5.74, 6) is 1.07. The van der Waals surface area contributed by atoms with Crippen molar-refractivity contribution in [2.24, 2.45) is 0 Å². The average molecular weight is 384 g/mol. The summed E-state index contributed by atoms with van der Waals surface area (Å²) in [6.07, 6.45) is 1.68.